The number of benzene rings is 1. The number of ether oxygens (including phenoxy) is 2. The van der Waals surface area contributed by atoms with Crippen molar-refractivity contribution in [2.24, 2.45) is 11.7 Å². The standard InChI is InChI=1S/C13H18INO3/c1-9(8-17-2)6-12(18-13(15)16)10-4-3-5-11(14)7-10/h3-5,7,9,12H,6,8H2,1-2H3,(H2,15,16)/t9-,12-/m1/s1. The number of hydrogen-bond donors (Lipinski definition) is 1. The first-order valence-corrected chi connectivity index (χ1v) is 6.81. The van der Waals surface area contributed by atoms with Gasteiger partial charge in [0.1, 0.15) is 6.10 Å². The highest BCUT2D eigenvalue weighted by atomic mass is 127. The molecule has 2 atom stereocenters. The van der Waals surface area contributed by atoms with E-state index in [1.807, 2.05) is 24.3 Å². The fourth-order valence-corrected chi connectivity index (χ4v) is 2.38. The van der Waals surface area contributed by atoms with Crippen molar-refractivity contribution in [2.45, 2.75) is 19.4 Å². The third kappa shape index (κ3) is 5.22. The Morgan fingerprint density at radius 3 is 2.78 bits per heavy atom. The van der Waals surface area contributed by atoms with Crippen molar-refractivity contribution in [2.75, 3.05) is 13.7 Å². The number of nitrogens with two attached hydrogens (primary N) is 1. The van der Waals surface area contributed by atoms with E-state index in [4.69, 9.17) is 15.2 Å². The summed E-state index contributed by atoms with van der Waals surface area (Å²) < 4.78 is 11.4. The molecule has 0 aromatic heterocycles. The van der Waals surface area contributed by atoms with Crippen molar-refractivity contribution in [3.05, 3.63) is 33.4 Å². The molecule has 0 bridgehead atoms. The number of halogens is 1. The number of hydrogen-bond acceptors (Lipinski definition) is 3. The van der Waals surface area contributed by atoms with Gasteiger partial charge in [0, 0.05) is 17.3 Å². The van der Waals surface area contributed by atoms with E-state index in [1.165, 1.54) is 0 Å². The summed E-state index contributed by atoms with van der Waals surface area (Å²) in [6.45, 7) is 2.68. The van der Waals surface area contributed by atoms with Crippen LogP contribution in [0.15, 0.2) is 24.3 Å². The van der Waals surface area contributed by atoms with Crippen LogP contribution >= 0.6 is 22.6 Å². The third-order valence-corrected chi connectivity index (χ3v) is 3.22. The van der Waals surface area contributed by atoms with Gasteiger partial charge in [-0.25, -0.2) is 4.79 Å². The van der Waals surface area contributed by atoms with E-state index < -0.39 is 6.09 Å². The lowest BCUT2D eigenvalue weighted by Crippen LogP contribution is -2.20. The van der Waals surface area contributed by atoms with Crippen LogP contribution in [0.3, 0.4) is 0 Å². The van der Waals surface area contributed by atoms with E-state index in [9.17, 15) is 4.79 Å². The number of rotatable bonds is 6. The second kappa shape index (κ2) is 7.58. The first-order chi connectivity index (χ1) is 8.52. The molecule has 0 spiro atoms. The van der Waals surface area contributed by atoms with Gasteiger partial charge in [0.2, 0.25) is 0 Å². The number of amides is 1. The molecule has 0 heterocycles. The average molecular weight is 363 g/mol. The first kappa shape index (κ1) is 15.2. The number of primary amides is 1. The zero-order chi connectivity index (χ0) is 13.5. The van der Waals surface area contributed by atoms with Crippen molar-refractivity contribution in [3.63, 3.8) is 0 Å². The molecule has 0 unspecified atom stereocenters. The fraction of sp³-hybridized carbons (Fsp3) is 0.462. The van der Waals surface area contributed by atoms with Crippen molar-refractivity contribution >= 4 is 28.7 Å². The van der Waals surface area contributed by atoms with Crippen LogP contribution in [-0.4, -0.2) is 19.8 Å². The molecular formula is C13H18INO3. The highest BCUT2D eigenvalue weighted by Crippen LogP contribution is 2.26. The maximum atomic E-state index is 11.0. The lowest BCUT2D eigenvalue weighted by Gasteiger charge is -2.20. The van der Waals surface area contributed by atoms with Crippen molar-refractivity contribution in [1.29, 1.82) is 0 Å². The summed E-state index contributed by atoms with van der Waals surface area (Å²) in [5.41, 5.74) is 6.09. The van der Waals surface area contributed by atoms with E-state index in [0.29, 0.717) is 13.0 Å². The van der Waals surface area contributed by atoms with Crippen LogP contribution in [0.4, 0.5) is 4.79 Å². The quantitative estimate of drug-likeness (QED) is 0.790. The van der Waals surface area contributed by atoms with E-state index in [-0.39, 0.29) is 12.0 Å². The van der Waals surface area contributed by atoms with E-state index in [0.717, 1.165) is 9.13 Å². The Labute approximate surface area is 121 Å². The molecule has 0 aliphatic carbocycles. The van der Waals surface area contributed by atoms with Gasteiger partial charge in [0.15, 0.2) is 0 Å². The molecule has 5 heteroatoms. The van der Waals surface area contributed by atoms with Gasteiger partial charge in [-0.2, -0.15) is 0 Å². The largest absolute Gasteiger partial charge is 0.442 e. The topological polar surface area (TPSA) is 61.6 Å². The van der Waals surface area contributed by atoms with Crippen LogP contribution < -0.4 is 5.73 Å². The van der Waals surface area contributed by atoms with Crippen molar-refractivity contribution in [3.8, 4) is 0 Å². The smallest absolute Gasteiger partial charge is 0.405 e. The molecule has 100 valence electrons. The zero-order valence-electron chi connectivity index (χ0n) is 10.6. The maximum absolute atomic E-state index is 11.0. The zero-order valence-corrected chi connectivity index (χ0v) is 12.7. The maximum Gasteiger partial charge on any atom is 0.405 e. The second-order valence-corrected chi connectivity index (χ2v) is 5.52. The predicted molar refractivity (Wildman–Crippen MR) is 78.2 cm³/mol. The predicted octanol–water partition coefficient (Wildman–Crippen LogP) is 3.10. The minimum Gasteiger partial charge on any atom is -0.442 e. The Hall–Kier alpha value is -0.820. The van der Waals surface area contributed by atoms with Crippen LogP contribution in [0.5, 0.6) is 0 Å². The molecule has 0 fully saturated rings. The van der Waals surface area contributed by atoms with Gasteiger partial charge in [-0.15, -0.1) is 0 Å². The van der Waals surface area contributed by atoms with Crippen LogP contribution in [-0.2, 0) is 9.47 Å². The third-order valence-electron chi connectivity index (χ3n) is 2.55. The number of carbonyl (C=O) groups excluding carboxylic acids is 1. The first-order valence-electron chi connectivity index (χ1n) is 5.73. The van der Waals surface area contributed by atoms with Gasteiger partial charge in [-0.1, -0.05) is 19.1 Å². The molecule has 4 nitrogen and oxygen atoms in total. The Morgan fingerprint density at radius 2 is 2.22 bits per heavy atom. The molecule has 0 radical (unpaired) electrons. The van der Waals surface area contributed by atoms with Gasteiger partial charge in [0.25, 0.3) is 0 Å². The Kier molecular flexibility index (Phi) is 6.42. The van der Waals surface area contributed by atoms with Gasteiger partial charge >= 0.3 is 6.09 Å². The summed E-state index contributed by atoms with van der Waals surface area (Å²) in [7, 11) is 1.66. The van der Waals surface area contributed by atoms with Crippen LogP contribution in [0.1, 0.15) is 25.0 Å². The molecule has 1 aromatic carbocycles. The molecule has 1 rings (SSSR count). The summed E-state index contributed by atoms with van der Waals surface area (Å²) in [5, 5.41) is 0. The summed E-state index contributed by atoms with van der Waals surface area (Å²) in [6, 6.07) is 7.86. The molecule has 2 N–H and O–H groups in total. The summed E-state index contributed by atoms with van der Waals surface area (Å²) in [5.74, 6) is 0.289. The van der Waals surface area contributed by atoms with Gasteiger partial charge < -0.3 is 15.2 Å². The molecule has 0 aliphatic rings. The van der Waals surface area contributed by atoms with Gasteiger partial charge in [-0.05, 0) is 52.6 Å². The van der Waals surface area contributed by atoms with Crippen molar-refractivity contribution in [1.82, 2.24) is 0 Å². The normalized spacial score (nSPS) is 13.9. The molecule has 0 saturated heterocycles. The summed E-state index contributed by atoms with van der Waals surface area (Å²) >= 11 is 2.23. The number of methoxy groups -OCH3 is 1. The molecule has 0 aliphatic heterocycles. The lowest BCUT2D eigenvalue weighted by molar-refractivity contribution is 0.0739. The second-order valence-electron chi connectivity index (χ2n) is 4.28. The van der Waals surface area contributed by atoms with Crippen LogP contribution in [0.2, 0.25) is 0 Å². The minimum absolute atomic E-state index is 0.289. The van der Waals surface area contributed by atoms with Gasteiger partial charge in [-0.3, -0.25) is 0 Å². The molecule has 1 aromatic rings. The SMILES string of the molecule is COC[C@H](C)C[C@@H](OC(N)=O)c1cccc(I)c1. The van der Waals surface area contributed by atoms with Crippen LogP contribution in [0.25, 0.3) is 0 Å². The molecular weight excluding hydrogens is 345 g/mol. The highest BCUT2D eigenvalue weighted by Gasteiger charge is 2.18. The summed E-state index contributed by atoms with van der Waals surface area (Å²) in [6.07, 6.45) is -0.373. The monoisotopic (exact) mass is 363 g/mol. The molecule has 1 amide bonds. The Bertz CT molecular complexity index is 398. The fourth-order valence-electron chi connectivity index (χ4n) is 1.82. The van der Waals surface area contributed by atoms with Crippen LogP contribution in [0, 0.1) is 9.49 Å². The molecule has 0 saturated carbocycles. The Morgan fingerprint density at radius 1 is 1.50 bits per heavy atom. The number of carbonyl (C=O) groups is 1. The summed E-state index contributed by atoms with van der Waals surface area (Å²) in [4.78, 5) is 11.0. The highest BCUT2D eigenvalue weighted by molar-refractivity contribution is 14.1. The minimum atomic E-state index is -0.747. The van der Waals surface area contributed by atoms with E-state index in [1.54, 1.807) is 7.11 Å². The van der Waals surface area contributed by atoms with Crippen molar-refractivity contribution < 1.29 is 14.3 Å². The lowest BCUT2D eigenvalue weighted by atomic mass is 9.99. The average Bonchev–Trinajstić information content (AvgIpc) is 2.28. The van der Waals surface area contributed by atoms with E-state index in [2.05, 4.69) is 29.5 Å². The van der Waals surface area contributed by atoms with E-state index >= 15 is 0 Å². The molecule has 18 heavy (non-hydrogen) atoms. The van der Waals surface area contributed by atoms with Gasteiger partial charge in [0.05, 0.1) is 0 Å². The Balaban J connectivity index is 2.80.